The lowest BCUT2D eigenvalue weighted by molar-refractivity contribution is 0.105. The Morgan fingerprint density at radius 2 is 1.83 bits per heavy atom. The van der Waals surface area contributed by atoms with Crippen molar-refractivity contribution in [2.24, 2.45) is 5.73 Å². The van der Waals surface area contributed by atoms with Gasteiger partial charge in [-0.15, -0.1) is 0 Å². The Morgan fingerprint density at radius 3 is 2.44 bits per heavy atom. The van der Waals surface area contributed by atoms with Crippen LogP contribution in [0, 0.1) is 0 Å². The first kappa shape index (κ1) is 16.9. The quantitative estimate of drug-likeness (QED) is 0.395. The zero-order chi connectivity index (χ0) is 13.8. The van der Waals surface area contributed by atoms with Gasteiger partial charge in [-0.2, -0.15) is 12.6 Å². The Bertz CT molecular complexity index is 324. The molecule has 1 aromatic rings. The molecule has 4 N–H and O–H groups in total. The van der Waals surface area contributed by atoms with Gasteiger partial charge in [0.15, 0.2) is 11.5 Å². The van der Waals surface area contributed by atoms with Crippen LogP contribution in [0.1, 0.15) is 0 Å². The van der Waals surface area contributed by atoms with Crippen molar-refractivity contribution in [1.82, 2.24) is 0 Å². The highest BCUT2D eigenvalue weighted by atomic mass is 32.1. The van der Waals surface area contributed by atoms with Crippen molar-refractivity contribution in [2.45, 2.75) is 0 Å². The molecular weight excluding hydrogens is 252 g/mol. The van der Waals surface area contributed by atoms with E-state index in [2.05, 4.69) is 12.6 Å². The van der Waals surface area contributed by atoms with Gasteiger partial charge in [0.2, 0.25) is 0 Å². The molecule has 0 heterocycles. The molecule has 5 nitrogen and oxygen atoms in total. The molecule has 0 fully saturated rings. The summed E-state index contributed by atoms with van der Waals surface area (Å²) < 4.78 is 15.8. The maximum atomic E-state index is 5.62. The van der Waals surface area contributed by atoms with Gasteiger partial charge in [0.05, 0.1) is 20.3 Å². The Balaban J connectivity index is 0.00000137. The van der Waals surface area contributed by atoms with Gasteiger partial charge in [0, 0.05) is 18.3 Å². The molecule has 0 spiro atoms. The van der Waals surface area contributed by atoms with Crippen LogP contribution in [0.5, 0.6) is 11.5 Å². The fourth-order valence-corrected chi connectivity index (χ4v) is 1.20. The summed E-state index contributed by atoms with van der Waals surface area (Å²) in [4.78, 5) is 0. The van der Waals surface area contributed by atoms with Gasteiger partial charge in [-0.25, -0.2) is 0 Å². The van der Waals surface area contributed by atoms with E-state index in [1.54, 1.807) is 31.6 Å². The fraction of sp³-hybridized carbons (Fsp3) is 0.500. The summed E-state index contributed by atoms with van der Waals surface area (Å²) in [5.74, 6) is 1.28. The fourth-order valence-electron chi connectivity index (χ4n) is 1.20. The van der Waals surface area contributed by atoms with Gasteiger partial charge in [-0.1, -0.05) is 0 Å². The largest absolute Gasteiger partial charge is 0.493 e. The highest BCUT2D eigenvalue weighted by molar-refractivity contribution is 7.79. The molecular formula is C12H22N2O3S. The normalized spacial score (nSPS) is 9.33. The van der Waals surface area contributed by atoms with Crippen LogP contribution in [-0.4, -0.2) is 39.7 Å². The second-order valence-corrected chi connectivity index (χ2v) is 3.16. The van der Waals surface area contributed by atoms with Crippen molar-refractivity contribution >= 4 is 18.3 Å². The van der Waals surface area contributed by atoms with Crippen LogP contribution in [0.15, 0.2) is 18.2 Å². The maximum absolute atomic E-state index is 5.62. The monoisotopic (exact) mass is 274 g/mol. The molecule has 0 saturated heterocycles. The van der Waals surface area contributed by atoms with Crippen LogP contribution < -0.4 is 20.9 Å². The first-order chi connectivity index (χ1) is 8.77. The Hall–Kier alpha value is -1.11. The predicted molar refractivity (Wildman–Crippen MR) is 77.7 cm³/mol. The number of anilines is 1. The topological polar surface area (TPSA) is 79.7 Å². The summed E-state index contributed by atoms with van der Waals surface area (Å²) in [6, 6.07) is 5.26. The van der Waals surface area contributed by atoms with Crippen molar-refractivity contribution < 1.29 is 14.2 Å². The Kier molecular flexibility index (Phi) is 10.3. The lowest BCUT2D eigenvalue weighted by Crippen LogP contribution is -2.13. The smallest absolute Gasteiger partial charge is 0.162 e. The van der Waals surface area contributed by atoms with E-state index in [-0.39, 0.29) is 0 Å². The van der Waals surface area contributed by atoms with Gasteiger partial charge < -0.3 is 25.7 Å². The molecule has 0 atom stereocenters. The van der Waals surface area contributed by atoms with E-state index in [9.17, 15) is 0 Å². The molecule has 0 saturated carbocycles. The van der Waals surface area contributed by atoms with Crippen LogP contribution in [0.25, 0.3) is 0 Å². The summed E-state index contributed by atoms with van der Waals surface area (Å²) in [7, 11) is 1.58. The molecule has 1 aromatic carbocycles. The predicted octanol–water partition coefficient (Wildman–Crippen LogP) is 1.18. The van der Waals surface area contributed by atoms with Crippen LogP contribution in [0.3, 0.4) is 0 Å². The van der Waals surface area contributed by atoms with Gasteiger partial charge in [-0.05, 0) is 18.4 Å². The molecule has 0 aliphatic heterocycles. The lowest BCUT2D eigenvalue weighted by atomic mass is 10.3. The lowest BCUT2D eigenvalue weighted by Gasteiger charge is -2.11. The van der Waals surface area contributed by atoms with Gasteiger partial charge in [0.1, 0.15) is 6.61 Å². The summed E-state index contributed by atoms with van der Waals surface area (Å²) in [6.07, 6.45) is 1.69. The third-order valence-electron chi connectivity index (χ3n) is 1.94. The van der Waals surface area contributed by atoms with E-state index in [4.69, 9.17) is 25.7 Å². The average molecular weight is 274 g/mol. The molecule has 6 heteroatoms. The molecule has 18 heavy (non-hydrogen) atoms. The number of nitrogens with two attached hydrogens (primary N) is 2. The van der Waals surface area contributed by atoms with E-state index in [0.29, 0.717) is 43.6 Å². The van der Waals surface area contributed by atoms with Gasteiger partial charge in [-0.3, -0.25) is 0 Å². The first-order valence-electron chi connectivity index (χ1n) is 5.56. The highest BCUT2D eigenvalue weighted by Gasteiger charge is 2.03. The SMILES string of the molecule is COc1cc(N)ccc1OCCOCCN.CS. The summed E-state index contributed by atoms with van der Waals surface area (Å²) in [5.41, 5.74) is 11.5. The Morgan fingerprint density at radius 1 is 1.11 bits per heavy atom. The second kappa shape index (κ2) is 11.0. The molecule has 0 aromatic heterocycles. The zero-order valence-electron chi connectivity index (χ0n) is 10.9. The van der Waals surface area contributed by atoms with E-state index >= 15 is 0 Å². The Labute approximate surface area is 114 Å². The number of rotatable bonds is 7. The number of methoxy groups -OCH3 is 1. The minimum atomic E-state index is 0.459. The van der Waals surface area contributed by atoms with Crippen LogP contribution >= 0.6 is 12.6 Å². The van der Waals surface area contributed by atoms with Crippen molar-refractivity contribution in [3.8, 4) is 11.5 Å². The molecule has 104 valence electrons. The van der Waals surface area contributed by atoms with E-state index < -0.39 is 0 Å². The van der Waals surface area contributed by atoms with Crippen molar-refractivity contribution in [1.29, 1.82) is 0 Å². The van der Waals surface area contributed by atoms with Crippen molar-refractivity contribution in [3.05, 3.63) is 18.2 Å². The molecule has 0 unspecified atom stereocenters. The van der Waals surface area contributed by atoms with Crippen molar-refractivity contribution in [3.63, 3.8) is 0 Å². The number of benzene rings is 1. The molecule has 1 rings (SSSR count). The number of thiol groups is 1. The molecule has 0 radical (unpaired) electrons. The van der Waals surface area contributed by atoms with E-state index in [1.165, 1.54) is 0 Å². The van der Waals surface area contributed by atoms with E-state index in [0.717, 1.165) is 0 Å². The van der Waals surface area contributed by atoms with Gasteiger partial charge >= 0.3 is 0 Å². The molecule has 0 aliphatic carbocycles. The number of hydrogen-bond acceptors (Lipinski definition) is 6. The summed E-state index contributed by atoms with van der Waals surface area (Å²) >= 11 is 3.53. The third kappa shape index (κ3) is 6.58. The standard InChI is InChI=1S/C11H18N2O3.CH4S/c1-14-11-8-9(13)2-3-10(11)16-7-6-15-5-4-12;1-2/h2-3,8H,4-7,12-13H2,1H3;2H,1H3. The van der Waals surface area contributed by atoms with Crippen LogP contribution in [-0.2, 0) is 4.74 Å². The van der Waals surface area contributed by atoms with Gasteiger partial charge in [0.25, 0.3) is 0 Å². The maximum Gasteiger partial charge on any atom is 0.162 e. The average Bonchev–Trinajstić information content (AvgIpc) is 2.42. The minimum absolute atomic E-state index is 0.459. The minimum Gasteiger partial charge on any atom is -0.493 e. The second-order valence-electron chi connectivity index (χ2n) is 3.16. The highest BCUT2D eigenvalue weighted by Crippen LogP contribution is 2.28. The zero-order valence-corrected chi connectivity index (χ0v) is 11.8. The van der Waals surface area contributed by atoms with Crippen LogP contribution in [0.4, 0.5) is 5.69 Å². The summed E-state index contributed by atoms with van der Waals surface area (Å²) in [5, 5.41) is 0. The number of nitrogen functional groups attached to an aromatic ring is 1. The van der Waals surface area contributed by atoms with Crippen molar-refractivity contribution in [2.75, 3.05) is 45.5 Å². The number of ether oxygens (including phenoxy) is 3. The number of hydrogen-bond donors (Lipinski definition) is 3. The summed E-state index contributed by atoms with van der Waals surface area (Å²) in [6.45, 7) is 2.03. The van der Waals surface area contributed by atoms with E-state index in [1.807, 2.05) is 0 Å². The first-order valence-corrected chi connectivity index (χ1v) is 6.46. The third-order valence-corrected chi connectivity index (χ3v) is 1.94. The molecule has 0 aliphatic rings. The molecule has 0 bridgehead atoms. The molecule has 0 amide bonds. The van der Waals surface area contributed by atoms with Crippen LogP contribution in [0.2, 0.25) is 0 Å².